The van der Waals surface area contributed by atoms with Crippen LogP contribution in [0.4, 0.5) is 5.69 Å². The van der Waals surface area contributed by atoms with Crippen molar-refractivity contribution in [3.05, 3.63) is 51.9 Å². The normalized spacial score (nSPS) is 15.5. The first-order valence-electron chi connectivity index (χ1n) is 8.79. The van der Waals surface area contributed by atoms with E-state index < -0.39 is 0 Å². The van der Waals surface area contributed by atoms with Crippen LogP contribution in [0.15, 0.2) is 41.9 Å². The fraction of sp³-hybridized carbons (Fsp3) is 0.368. The van der Waals surface area contributed by atoms with E-state index in [1.807, 2.05) is 23.6 Å². The third-order valence-electron chi connectivity index (χ3n) is 4.34. The van der Waals surface area contributed by atoms with Crippen LogP contribution in [0.3, 0.4) is 0 Å². The van der Waals surface area contributed by atoms with Crippen LogP contribution < -0.4 is 10.2 Å². The molecule has 0 aliphatic carbocycles. The summed E-state index contributed by atoms with van der Waals surface area (Å²) >= 11 is 7.79. The SMILES string of the molecule is O=C(/C=C/c1nccs1)NCCCN1CCN(c2ccccc2Cl)CC1. The average Bonchev–Trinajstić information content (AvgIpc) is 3.18. The van der Waals surface area contributed by atoms with Crippen LogP contribution in [0.5, 0.6) is 0 Å². The van der Waals surface area contributed by atoms with Gasteiger partial charge < -0.3 is 10.2 Å². The Kier molecular flexibility index (Phi) is 7.05. The summed E-state index contributed by atoms with van der Waals surface area (Å²) in [4.78, 5) is 20.7. The van der Waals surface area contributed by atoms with Crippen molar-refractivity contribution in [2.45, 2.75) is 6.42 Å². The van der Waals surface area contributed by atoms with Crippen LogP contribution in [-0.2, 0) is 4.79 Å². The lowest BCUT2D eigenvalue weighted by atomic mass is 10.2. The quantitative estimate of drug-likeness (QED) is 0.582. The molecule has 7 heteroatoms. The van der Waals surface area contributed by atoms with Crippen LogP contribution in [0.1, 0.15) is 11.4 Å². The molecule has 1 aromatic heterocycles. The van der Waals surface area contributed by atoms with Gasteiger partial charge in [-0.25, -0.2) is 4.98 Å². The maximum Gasteiger partial charge on any atom is 0.244 e. The molecule has 1 aliphatic rings. The first kappa shape index (κ1) is 18.9. The van der Waals surface area contributed by atoms with Crippen molar-refractivity contribution in [1.82, 2.24) is 15.2 Å². The van der Waals surface area contributed by atoms with Crippen molar-refractivity contribution >= 4 is 40.6 Å². The molecule has 3 rings (SSSR count). The fourth-order valence-electron chi connectivity index (χ4n) is 2.96. The second-order valence-corrected chi connectivity index (χ2v) is 7.46. The van der Waals surface area contributed by atoms with E-state index in [0.717, 1.165) is 54.9 Å². The number of amides is 1. The smallest absolute Gasteiger partial charge is 0.244 e. The number of nitrogens with one attached hydrogen (secondary N) is 1. The number of para-hydroxylation sites is 1. The molecular formula is C19H23ClN4OS. The molecule has 1 N–H and O–H groups in total. The number of anilines is 1. The molecule has 1 amide bonds. The van der Waals surface area contributed by atoms with E-state index >= 15 is 0 Å². The highest BCUT2D eigenvalue weighted by molar-refractivity contribution is 7.10. The monoisotopic (exact) mass is 390 g/mol. The van der Waals surface area contributed by atoms with Gasteiger partial charge in [-0.1, -0.05) is 23.7 Å². The Hall–Kier alpha value is -1.89. The number of hydrogen-bond acceptors (Lipinski definition) is 5. The maximum atomic E-state index is 11.8. The molecular weight excluding hydrogens is 368 g/mol. The summed E-state index contributed by atoms with van der Waals surface area (Å²) in [5.41, 5.74) is 1.12. The number of nitrogens with zero attached hydrogens (tertiary/aromatic N) is 3. The summed E-state index contributed by atoms with van der Waals surface area (Å²) in [7, 11) is 0. The number of rotatable bonds is 7. The second-order valence-electron chi connectivity index (χ2n) is 6.13. The van der Waals surface area contributed by atoms with Gasteiger partial charge in [0.1, 0.15) is 5.01 Å². The van der Waals surface area contributed by atoms with Crippen LogP contribution in [-0.4, -0.2) is 55.1 Å². The summed E-state index contributed by atoms with van der Waals surface area (Å²) < 4.78 is 0. The highest BCUT2D eigenvalue weighted by atomic mass is 35.5. The van der Waals surface area contributed by atoms with Crippen LogP contribution in [0.2, 0.25) is 5.02 Å². The molecule has 0 saturated carbocycles. The van der Waals surface area contributed by atoms with Gasteiger partial charge in [0.2, 0.25) is 5.91 Å². The van der Waals surface area contributed by atoms with E-state index in [1.54, 1.807) is 18.3 Å². The topological polar surface area (TPSA) is 48.5 Å². The molecule has 0 atom stereocenters. The minimum absolute atomic E-state index is 0.0660. The predicted molar refractivity (Wildman–Crippen MR) is 109 cm³/mol. The zero-order chi connectivity index (χ0) is 18.2. The number of thiazole rings is 1. The Bertz CT molecular complexity index is 727. The maximum absolute atomic E-state index is 11.8. The Morgan fingerprint density at radius 1 is 1.27 bits per heavy atom. The van der Waals surface area contributed by atoms with Gasteiger partial charge >= 0.3 is 0 Å². The molecule has 0 unspecified atom stereocenters. The third kappa shape index (κ3) is 5.56. The molecule has 0 bridgehead atoms. The number of carbonyl (C=O) groups is 1. The van der Waals surface area contributed by atoms with Crippen molar-refractivity contribution < 1.29 is 4.79 Å². The van der Waals surface area contributed by atoms with Crippen LogP contribution >= 0.6 is 22.9 Å². The third-order valence-corrected chi connectivity index (χ3v) is 5.40. The van der Waals surface area contributed by atoms with Crippen LogP contribution in [0.25, 0.3) is 6.08 Å². The highest BCUT2D eigenvalue weighted by Gasteiger charge is 2.18. The predicted octanol–water partition coefficient (Wildman–Crippen LogP) is 3.14. The van der Waals surface area contributed by atoms with Crippen LogP contribution in [0, 0.1) is 0 Å². The van der Waals surface area contributed by atoms with Gasteiger partial charge in [0.05, 0.1) is 10.7 Å². The second kappa shape index (κ2) is 9.71. The Morgan fingerprint density at radius 3 is 2.81 bits per heavy atom. The molecule has 138 valence electrons. The summed E-state index contributed by atoms with van der Waals surface area (Å²) in [5.74, 6) is -0.0660. The number of aromatic nitrogens is 1. The highest BCUT2D eigenvalue weighted by Crippen LogP contribution is 2.25. The summed E-state index contributed by atoms with van der Waals surface area (Å²) in [6.45, 7) is 5.67. The standard InChI is InChI=1S/C19H23ClN4OS/c20-16-4-1-2-5-17(16)24-13-11-23(12-14-24)10-3-8-21-18(25)6-7-19-22-9-15-26-19/h1-2,4-7,9,15H,3,8,10-14H2,(H,21,25)/b7-6+. The largest absolute Gasteiger partial charge is 0.368 e. The van der Waals surface area contributed by atoms with Gasteiger partial charge in [-0.05, 0) is 31.2 Å². The average molecular weight is 391 g/mol. The van der Waals surface area contributed by atoms with E-state index in [0.29, 0.717) is 6.54 Å². The Balaban J connectivity index is 1.32. The zero-order valence-corrected chi connectivity index (χ0v) is 16.2. The summed E-state index contributed by atoms with van der Waals surface area (Å²) in [6.07, 6.45) is 5.96. The number of halogens is 1. The van der Waals surface area contributed by atoms with E-state index in [2.05, 4.69) is 26.2 Å². The molecule has 1 aromatic carbocycles. The Morgan fingerprint density at radius 2 is 2.08 bits per heavy atom. The molecule has 1 saturated heterocycles. The van der Waals surface area contributed by atoms with Crippen molar-refractivity contribution in [1.29, 1.82) is 0 Å². The van der Waals surface area contributed by atoms with Crippen molar-refractivity contribution in [2.24, 2.45) is 0 Å². The summed E-state index contributed by atoms with van der Waals surface area (Å²) in [5, 5.41) is 6.47. The first-order chi connectivity index (χ1) is 12.7. The van der Waals surface area contributed by atoms with E-state index in [1.165, 1.54) is 11.3 Å². The minimum atomic E-state index is -0.0660. The molecule has 2 heterocycles. The van der Waals surface area contributed by atoms with Gasteiger partial charge in [0.15, 0.2) is 0 Å². The Labute approximate surface area is 163 Å². The lowest BCUT2D eigenvalue weighted by Crippen LogP contribution is -2.47. The van der Waals surface area contributed by atoms with E-state index in [-0.39, 0.29) is 5.91 Å². The summed E-state index contributed by atoms with van der Waals surface area (Å²) in [6, 6.07) is 8.00. The van der Waals surface area contributed by atoms with Crippen molar-refractivity contribution in [3.63, 3.8) is 0 Å². The van der Waals surface area contributed by atoms with Gasteiger partial charge in [-0.15, -0.1) is 11.3 Å². The first-order valence-corrected chi connectivity index (χ1v) is 10.1. The molecule has 1 aliphatic heterocycles. The van der Waals surface area contributed by atoms with Crippen molar-refractivity contribution in [2.75, 3.05) is 44.2 Å². The van der Waals surface area contributed by atoms with Gasteiger partial charge in [0, 0.05) is 50.4 Å². The van der Waals surface area contributed by atoms with E-state index in [4.69, 9.17) is 11.6 Å². The van der Waals surface area contributed by atoms with E-state index in [9.17, 15) is 4.79 Å². The lowest BCUT2D eigenvalue weighted by molar-refractivity contribution is -0.116. The molecule has 5 nitrogen and oxygen atoms in total. The number of hydrogen-bond donors (Lipinski definition) is 1. The molecule has 1 fully saturated rings. The number of piperazine rings is 1. The molecule has 0 spiro atoms. The van der Waals surface area contributed by atoms with Gasteiger partial charge in [0.25, 0.3) is 0 Å². The van der Waals surface area contributed by atoms with Gasteiger partial charge in [-0.3, -0.25) is 9.69 Å². The molecule has 2 aromatic rings. The number of benzene rings is 1. The molecule has 26 heavy (non-hydrogen) atoms. The van der Waals surface area contributed by atoms with Crippen molar-refractivity contribution in [3.8, 4) is 0 Å². The minimum Gasteiger partial charge on any atom is -0.368 e. The molecule has 0 radical (unpaired) electrons. The fourth-order valence-corrected chi connectivity index (χ4v) is 3.74. The van der Waals surface area contributed by atoms with Gasteiger partial charge in [-0.2, -0.15) is 0 Å². The lowest BCUT2D eigenvalue weighted by Gasteiger charge is -2.36. The number of carbonyl (C=O) groups excluding carboxylic acids is 1. The zero-order valence-electron chi connectivity index (χ0n) is 14.6.